The summed E-state index contributed by atoms with van der Waals surface area (Å²) in [6, 6.07) is 18.7. The first kappa shape index (κ1) is 14.8. The molecule has 20 heavy (non-hydrogen) atoms. The molecule has 0 aliphatic carbocycles. The van der Waals surface area contributed by atoms with Crippen LogP contribution in [-0.4, -0.2) is 5.25 Å². The molecule has 0 unspecified atom stereocenters. The largest absolute Gasteiger partial charge is 0.138 e. The Balaban J connectivity index is 2.30. The van der Waals surface area contributed by atoms with Crippen LogP contribution < -0.4 is 0 Å². The minimum atomic E-state index is 0.233. The third-order valence-electron chi connectivity index (χ3n) is 3.00. The molecule has 102 valence electrons. The molecule has 0 aromatic heterocycles. The molecule has 0 bridgehead atoms. The molecule has 0 N–H and O–H groups in total. The molecule has 0 radical (unpaired) electrons. The molecule has 1 atom stereocenters. The molecule has 0 saturated heterocycles. The van der Waals surface area contributed by atoms with Gasteiger partial charge >= 0.3 is 0 Å². The topological polar surface area (TPSA) is 0 Å². The first-order chi connectivity index (χ1) is 9.66. The normalized spacial score (nSPS) is 11.8. The Labute approximate surface area is 126 Å². The number of hydrogen-bond acceptors (Lipinski definition) is 1. The zero-order valence-electron chi connectivity index (χ0n) is 12.3. The van der Waals surface area contributed by atoms with Gasteiger partial charge in [-0.05, 0) is 30.2 Å². The van der Waals surface area contributed by atoms with E-state index in [-0.39, 0.29) is 5.25 Å². The van der Waals surface area contributed by atoms with Gasteiger partial charge in [0.2, 0.25) is 0 Å². The molecule has 0 nitrogen and oxygen atoms in total. The summed E-state index contributed by atoms with van der Waals surface area (Å²) in [6.07, 6.45) is 0. The van der Waals surface area contributed by atoms with Gasteiger partial charge in [0.05, 0.1) is 5.25 Å². The second-order valence-corrected chi connectivity index (χ2v) is 6.74. The Morgan fingerprint density at radius 3 is 2.20 bits per heavy atom. The number of aryl methyl sites for hydroxylation is 1. The first-order valence-corrected chi connectivity index (χ1v) is 7.88. The molecule has 0 aliphatic rings. The third-order valence-corrected chi connectivity index (χ3v) is 4.19. The summed E-state index contributed by atoms with van der Waals surface area (Å²) >= 11 is 1.91. The summed E-state index contributed by atoms with van der Waals surface area (Å²) in [5.74, 6) is 6.74. The lowest BCUT2D eigenvalue weighted by molar-refractivity contribution is 1.09. The highest BCUT2D eigenvalue weighted by Crippen LogP contribution is 2.33. The predicted molar refractivity (Wildman–Crippen MR) is 90.0 cm³/mol. The van der Waals surface area contributed by atoms with E-state index in [0.717, 1.165) is 5.56 Å². The van der Waals surface area contributed by atoms with E-state index in [2.05, 4.69) is 69.0 Å². The maximum atomic E-state index is 3.44. The van der Waals surface area contributed by atoms with E-state index in [1.165, 1.54) is 11.1 Å². The van der Waals surface area contributed by atoms with Gasteiger partial charge in [0.25, 0.3) is 0 Å². The van der Waals surface area contributed by atoms with Crippen LogP contribution in [0.4, 0.5) is 0 Å². The molecular weight excluding hydrogens is 260 g/mol. The molecule has 0 fully saturated rings. The van der Waals surface area contributed by atoms with Gasteiger partial charge in [-0.1, -0.05) is 68.2 Å². The summed E-state index contributed by atoms with van der Waals surface area (Å²) < 4.78 is 0. The van der Waals surface area contributed by atoms with Crippen molar-refractivity contribution in [3.8, 4) is 11.8 Å². The van der Waals surface area contributed by atoms with Crippen molar-refractivity contribution in [1.82, 2.24) is 0 Å². The molecule has 1 heteroatoms. The van der Waals surface area contributed by atoms with Crippen molar-refractivity contribution in [2.75, 3.05) is 0 Å². The lowest BCUT2D eigenvalue weighted by Gasteiger charge is -2.15. The zero-order chi connectivity index (χ0) is 14.4. The fourth-order valence-electron chi connectivity index (χ4n) is 2.01. The van der Waals surface area contributed by atoms with Crippen molar-refractivity contribution in [2.24, 2.45) is 0 Å². The van der Waals surface area contributed by atoms with Gasteiger partial charge in [-0.15, -0.1) is 11.8 Å². The molecule has 0 amide bonds. The monoisotopic (exact) mass is 280 g/mol. The number of thioether (sulfide) groups is 1. The zero-order valence-corrected chi connectivity index (χ0v) is 13.1. The minimum absolute atomic E-state index is 0.233. The Kier molecular flexibility index (Phi) is 5.32. The molecular formula is C19H20S. The van der Waals surface area contributed by atoms with Gasteiger partial charge < -0.3 is 0 Å². The van der Waals surface area contributed by atoms with Crippen molar-refractivity contribution in [3.05, 3.63) is 71.3 Å². The van der Waals surface area contributed by atoms with Crippen molar-refractivity contribution >= 4 is 11.8 Å². The van der Waals surface area contributed by atoms with Crippen LogP contribution in [0.3, 0.4) is 0 Å². The highest BCUT2D eigenvalue weighted by atomic mass is 32.2. The summed E-state index contributed by atoms with van der Waals surface area (Å²) in [6.45, 7) is 6.60. The van der Waals surface area contributed by atoms with E-state index < -0.39 is 0 Å². The highest BCUT2D eigenvalue weighted by molar-refractivity contribution is 8.00. The van der Waals surface area contributed by atoms with Crippen molar-refractivity contribution in [2.45, 2.75) is 31.3 Å². The molecule has 0 spiro atoms. The van der Waals surface area contributed by atoms with Crippen LogP contribution >= 0.6 is 11.8 Å². The lowest BCUT2D eigenvalue weighted by atomic mass is 10.1. The number of benzene rings is 2. The second-order valence-electron chi connectivity index (χ2n) is 5.06. The Morgan fingerprint density at radius 2 is 1.55 bits per heavy atom. The van der Waals surface area contributed by atoms with Gasteiger partial charge in [0.15, 0.2) is 0 Å². The van der Waals surface area contributed by atoms with Gasteiger partial charge in [0.1, 0.15) is 0 Å². The van der Waals surface area contributed by atoms with Crippen LogP contribution in [0.2, 0.25) is 0 Å². The van der Waals surface area contributed by atoms with Gasteiger partial charge in [-0.3, -0.25) is 0 Å². The third kappa shape index (κ3) is 4.18. The molecule has 2 aromatic carbocycles. The van der Waals surface area contributed by atoms with E-state index in [0.29, 0.717) is 5.25 Å². The standard InChI is InChI=1S/C19H20S/c1-15(2)20-19(18-12-8-7-9-16(18)3)14-13-17-10-5-4-6-11-17/h4-12,15,19H,1-3H3/t19-/m0/s1. The average Bonchev–Trinajstić information content (AvgIpc) is 2.45. The summed E-state index contributed by atoms with van der Waals surface area (Å²) in [5, 5.41) is 0.793. The Morgan fingerprint density at radius 1 is 0.900 bits per heavy atom. The fourth-order valence-corrected chi connectivity index (χ4v) is 3.09. The molecule has 0 aliphatic heterocycles. The van der Waals surface area contributed by atoms with Crippen molar-refractivity contribution in [3.63, 3.8) is 0 Å². The van der Waals surface area contributed by atoms with Gasteiger partial charge in [-0.25, -0.2) is 0 Å². The maximum Gasteiger partial charge on any atom is 0.0914 e. The quantitative estimate of drug-likeness (QED) is 0.694. The minimum Gasteiger partial charge on any atom is -0.138 e. The molecule has 2 rings (SSSR count). The summed E-state index contributed by atoms with van der Waals surface area (Å²) in [4.78, 5) is 0. The Bertz CT molecular complexity index is 602. The number of rotatable bonds is 3. The molecule has 0 saturated carbocycles. The van der Waals surface area contributed by atoms with Crippen molar-refractivity contribution < 1.29 is 0 Å². The van der Waals surface area contributed by atoms with Gasteiger partial charge in [0, 0.05) is 10.8 Å². The van der Waals surface area contributed by atoms with E-state index in [9.17, 15) is 0 Å². The van der Waals surface area contributed by atoms with E-state index >= 15 is 0 Å². The summed E-state index contributed by atoms with van der Waals surface area (Å²) in [7, 11) is 0. The Hall–Kier alpha value is -1.65. The molecule has 0 heterocycles. The summed E-state index contributed by atoms with van der Waals surface area (Å²) in [5.41, 5.74) is 3.72. The fraction of sp³-hybridized carbons (Fsp3) is 0.263. The lowest BCUT2D eigenvalue weighted by Crippen LogP contribution is -1.99. The van der Waals surface area contributed by atoms with Gasteiger partial charge in [-0.2, -0.15) is 0 Å². The number of hydrogen-bond donors (Lipinski definition) is 0. The van der Waals surface area contributed by atoms with E-state index in [1.807, 2.05) is 30.0 Å². The second kappa shape index (κ2) is 7.22. The molecule has 2 aromatic rings. The average molecular weight is 280 g/mol. The van der Waals surface area contributed by atoms with E-state index in [1.54, 1.807) is 0 Å². The maximum absolute atomic E-state index is 3.44. The van der Waals surface area contributed by atoms with Crippen LogP contribution in [0.1, 0.15) is 35.8 Å². The predicted octanol–water partition coefficient (Wildman–Crippen LogP) is 5.23. The smallest absolute Gasteiger partial charge is 0.0914 e. The van der Waals surface area contributed by atoms with Crippen LogP contribution in [0.25, 0.3) is 0 Å². The van der Waals surface area contributed by atoms with E-state index in [4.69, 9.17) is 0 Å². The van der Waals surface area contributed by atoms with Crippen LogP contribution in [0, 0.1) is 18.8 Å². The highest BCUT2D eigenvalue weighted by Gasteiger charge is 2.13. The van der Waals surface area contributed by atoms with Crippen LogP contribution in [0.5, 0.6) is 0 Å². The van der Waals surface area contributed by atoms with Crippen LogP contribution in [0.15, 0.2) is 54.6 Å². The van der Waals surface area contributed by atoms with Crippen LogP contribution in [-0.2, 0) is 0 Å². The SMILES string of the molecule is Cc1ccccc1[C@H](C#Cc1ccccc1)SC(C)C. The van der Waals surface area contributed by atoms with Crippen molar-refractivity contribution in [1.29, 1.82) is 0 Å². The first-order valence-electron chi connectivity index (χ1n) is 6.94.